The lowest BCUT2D eigenvalue weighted by Gasteiger charge is -1.96. The van der Waals surface area contributed by atoms with Crippen LogP contribution in [0.25, 0.3) is 0 Å². The Morgan fingerprint density at radius 1 is 1.73 bits per heavy atom. The van der Waals surface area contributed by atoms with Crippen LogP contribution in [0.2, 0.25) is 0 Å². The van der Waals surface area contributed by atoms with E-state index in [1.807, 2.05) is 10.9 Å². The van der Waals surface area contributed by atoms with Crippen molar-refractivity contribution in [2.24, 2.45) is 0 Å². The minimum absolute atomic E-state index is 0.782. The Labute approximate surface area is 70.7 Å². The summed E-state index contributed by atoms with van der Waals surface area (Å²) in [6.07, 6.45) is 5.87. The van der Waals surface area contributed by atoms with Crippen molar-refractivity contribution in [1.82, 2.24) is 10.3 Å². The zero-order chi connectivity index (χ0) is 7.94. The van der Waals surface area contributed by atoms with Crippen LogP contribution in [0.4, 0.5) is 0 Å². The van der Waals surface area contributed by atoms with Crippen molar-refractivity contribution in [3.8, 4) is 12.3 Å². The first-order chi connectivity index (χ1) is 5.43. The van der Waals surface area contributed by atoms with Gasteiger partial charge in [0.2, 0.25) is 0 Å². The highest BCUT2D eigenvalue weighted by molar-refractivity contribution is 7.07. The van der Waals surface area contributed by atoms with Gasteiger partial charge in [0, 0.05) is 24.9 Å². The molecule has 0 aliphatic carbocycles. The van der Waals surface area contributed by atoms with Crippen LogP contribution in [0, 0.1) is 12.3 Å². The second-order valence-electron chi connectivity index (χ2n) is 2.11. The van der Waals surface area contributed by atoms with Gasteiger partial charge in [-0.15, -0.1) is 23.7 Å². The van der Waals surface area contributed by atoms with E-state index in [2.05, 4.69) is 16.2 Å². The van der Waals surface area contributed by atoms with Gasteiger partial charge in [0.1, 0.15) is 0 Å². The highest BCUT2D eigenvalue weighted by Gasteiger charge is 1.91. The molecule has 0 aliphatic rings. The molecule has 0 aromatic carbocycles. The van der Waals surface area contributed by atoms with Crippen molar-refractivity contribution in [1.29, 1.82) is 0 Å². The maximum absolute atomic E-state index is 5.08. The number of rotatable bonds is 4. The Hall–Kier alpha value is -0.850. The van der Waals surface area contributed by atoms with Gasteiger partial charge in [-0.05, 0) is 0 Å². The predicted octanol–water partition coefficient (Wildman–Crippen LogP) is 1.26. The van der Waals surface area contributed by atoms with Gasteiger partial charge >= 0.3 is 0 Å². The fraction of sp³-hybridized carbons (Fsp3) is 0.375. The molecule has 1 rings (SSSR count). The van der Waals surface area contributed by atoms with E-state index in [4.69, 9.17) is 6.42 Å². The highest BCUT2D eigenvalue weighted by Crippen LogP contribution is 1.99. The van der Waals surface area contributed by atoms with Crippen LogP contribution in [0.1, 0.15) is 12.1 Å². The zero-order valence-corrected chi connectivity index (χ0v) is 7.03. The summed E-state index contributed by atoms with van der Waals surface area (Å²) in [5.41, 5.74) is 2.92. The largest absolute Gasteiger partial charge is 0.310 e. The Bertz CT molecular complexity index is 223. The van der Waals surface area contributed by atoms with Crippen molar-refractivity contribution >= 4 is 11.3 Å². The van der Waals surface area contributed by atoms with Crippen LogP contribution in [0.3, 0.4) is 0 Å². The number of nitrogens with zero attached hydrogens (tertiary/aromatic N) is 1. The van der Waals surface area contributed by atoms with Gasteiger partial charge in [-0.3, -0.25) is 0 Å². The lowest BCUT2D eigenvalue weighted by Crippen LogP contribution is -2.14. The Balaban J connectivity index is 2.10. The van der Waals surface area contributed by atoms with Crippen LogP contribution >= 0.6 is 11.3 Å². The number of terminal acetylenes is 1. The second-order valence-corrected chi connectivity index (χ2v) is 2.83. The number of nitrogens with one attached hydrogen (secondary N) is 1. The van der Waals surface area contributed by atoms with Crippen molar-refractivity contribution in [2.45, 2.75) is 13.0 Å². The van der Waals surface area contributed by atoms with Gasteiger partial charge in [-0.1, -0.05) is 0 Å². The number of thiazole rings is 1. The summed E-state index contributed by atoms with van der Waals surface area (Å²) in [6.45, 7) is 1.69. The normalized spacial score (nSPS) is 9.36. The van der Waals surface area contributed by atoms with Gasteiger partial charge in [-0.25, -0.2) is 4.98 Å². The number of hydrogen-bond donors (Lipinski definition) is 1. The molecule has 0 fully saturated rings. The molecule has 0 saturated heterocycles. The van der Waals surface area contributed by atoms with Gasteiger partial charge in [0.15, 0.2) is 0 Å². The van der Waals surface area contributed by atoms with E-state index in [0.29, 0.717) is 0 Å². The molecular weight excluding hydrogens is 156 g/mol. The molecule has 0 aliphatic heterocycles. The zero-order valence-electron chi connectivity index (χ0n) is 6.21. The van der Waals surface area contributed by atoms with Gasteiger partial charge < -0.3 is 5.32 Å². The molecular formula is C8H10N2S. The third-order valence-electron chi connectivity index (χ3n) is 1.24. The lowest BCUT2D eigenvalue weighted by atomic mass is 10.4. The Kier molecular flexibility index (Phi) is 3.67. The molecule has 1 N–H and O–H groups in total. The summed E-state index contributed by atoms with van der Waals surface area (Å²) in [4.78, 5) is 4.12. The smallest absolute Gasteiger partial charge is 0.0795 e. The van der Waals surface area contributed by atoms with E-state index in [0.717, 1.165) is 25.2 Å². The van der Waals surface area contributed by atoms with Crippen LogP contribution in [-0.4, -0.2) is 11.5 Å². The molecule has 11 heavy (non-hydrogen) atoms. The van der Waals surface area contributed by atoms with E-state index in [1.54, 1.807) is 11.3 Å². The molecule has 0 saturated carbocycles. The standard InChI is InChI=1S/C8H10N2S/c1-2-3-4-9-5-8-6-11-7-10-8/h1,6-7,9H,3-5H2. The highest BCUT2D eigenvalue weighted by atomic mass is 32.1. The maximum Gasteiger partial charge on any atom is 0.0795 e. The number of aromatic nitrogens is 1. The summed E-state index contributed by atoms with van der Waals surface area (Å²) in [5, 5.41) is 5.22. The van der Waals surface area contributed by atoms with Crippen LogP contribution < -0.4 is 5.32 Å². The van der Waals surface area contributed by atoms with Gasteiger partial charge in [0.25, 0.3) is 0 Å². The molecule has 3 heteroatoms. The first-order valence-electron chi connectivity index (χ1n) is 3.44. The van der Waals surface area contributed by atoms with Crippen molar-refractivity contribution in [3.63, 3.8) is 0 Å². The van der Waals surface area contributed by atoms with Gasteiger partial charge in [0.05, 0.1) is 11.2 Å². The SMILES string of the molecule is C#CCCNCc1cscn1. The summed E-state index contributed by atoms with van der Waals surface area (Å²) in [7, 11) is 0. The Morgan fingerprint density at radius 3 is 3.27 bits per heavy atom. The molecule has 58 valence electrons. The van der Waals surface area contributed by atoms with E-state index in [9.17, 15) is 0 Å². The summed E-state index contributed by atoms with van der Waals surface area (Å²) >= 11 is 1.61. The summed E-state index contributed by atoms with van der Waals surface area (Å²) in [6, 6.07) is 0. The fourth-order valence-corrected chi connectivity index (χ4v) is 1.26. The van der Waals surface area contributed by atoms with E-state index in [1.165, 1.54) is 0 Å². The summed E-state index contributed by atoms with van der Waals surface area (Å²) in [5.74, 6) is 2.57. The molecule has 0 radical (unpaired) electrons. The van der Waals surface area contributed by atoms with Crippen LogP contribution in [-0.2, 0) is 6.54 Å². The minimum atomic E-state index is 0.782. The Morgan fingerprint density at radius 2 is 2.64 bits per heavy atom. The van der Waals surface area contributed by atoms with E-state index < -0.39 is 0 Å². The van der Waals surface area contributed by atoms with Crippen molar-refractivity contribution < 1.29 is 0 Å². The molecule has 1 aromatic rings. The monoisotopic (exact) mass is 166 g/mol. The minimum Gasteiger partial charge on any atom is -0.310 e. The molecule has 0 unspecified atom stereocenters. The summed E-state index contributed by atoms with van der Waals surface area (Å²) < 4.78 is 0. The van der Waals surface area contributed by atoms with Crippen LogP contribution in [0.5, 0.6) is 0 Å². The predicted molar refractivity (Wildman–Crippen MR) is 47.3 cm³/mol. The third-order valence-corrected chi connectivity index (χ3v) is 1.87. The van der Waals surface area contributed by atoms with Gasteiger partial charge in [-0.2, -0.15) is 0 Å². The topological polar surface area (TPSA) is 24.9 Å². The van der Waals surface area contributed by atoms with E-state index in [-0.39, 0.29) is 0 Å². The fourth-order valence-electron chi connectivity index (χ4n) is 0.702. The molecule has 2 nitrogen and oxygen atoms in total. The maximum atomic E-state index is 5.08. The second kappa shape index (κ2) is 4.89. The average molecular weight is 166 g/mol. The first-order valence-corrected chi connectivity index (χ1v) is 4.39. The van der Waals surface area contributed by atoms with Crippen molar-refractivity contribution in [3.05, 3.63) is 16.6 Å². The molecule has 1 aromatic heterocycles. The number of hydrogen-bond acceptors (Lipinski definition) is 3. The molecule has 0 spiro atoms. The quantitative estimate of drug-likeness (QED) is 0.538. The molecule has 0 bridgehead atoms. The third kappa shape index (κ3) is 3.17. The molecule has 0 atom stereocenters. The van der Waals surface area contributed by atoms with E-state index >= 15 is 0 Å². The van der Waals surface area contributed by atoms with Crippen LogP contribution in [0.15, 0.2) is 10.9 Å². The molecule has 1 heterocycles. The lowest BCUT2D eigenvalue weighted by molar-refractivity contribution is 0.691. The first kappa shape index (κ1) is 8.25. The van der Waals surface area contributed by atoms with Crippen molar-refractivity contribution in [2.75, 3.05) is 6.54 Å². The molecule has 0 amide bonds. The average Bonchev–Trinajstić information content (AvgIpc) is 2.50.